The number of methoxy groups -OCH3 is 1. The number of aromatic nitrogens is 2. The van der Waals surface area contributed by atoms with E-state index in [-0.39, 0.29) is 17.7 Å². The van der Waals surface area contributed by atoms with Crippen molar-refractivity contribution in [2.45, 2.75) is 12.8 Å². The summed E-state index contributed by atoms with van der Waals surface area (Å²) in [5, 5.41) is 3.73. The summed E-state index contributed by atoms with van der Waals surface area (Å²) >= 11 is 0. The van der Waals surface area contributed by atoms with Crippen LogP contribution in [-0.2, 0) is 4.79 Å². The number of fused-ring (bicyclic) bond motifs is 1. The van der Waals surface area contributed by atoms with Gasteiger partial charge in [-0.2, -0.15) is 0 Å². The van der Waals surface area contributed by atoms with Crippen molar-refractivity contribution in [3.05, 3.63) is 78.5 Å². The molecule has 0 spiro atoms. The predicted molar refractivity (Wildman–Crippen MR) is 140 cm³/mol. The standard InChI is InChI=1S/C28H27N5O3/c1-36-21-11-8-18(9-12-21)25-15-23(22-6-2-3-7-24(22)32-25)28(35)31-20-10-13-26(30-16-20)33-14-4-5-19(17-33)27(29)34/h2-3,6-13,15-16,19H,4-5,14,17H2,1H3,(H2,29,34)(H,31,35). The van der Waals surface area contributed by atoms with Crippen molar-refractivity contribution in [2.75, 3.05) is 30.4 Å². The molecule has 1 aliphatic rings. The first kappa shape index (κ1) is 23.3. The van der Waals surface area contributed by atoms with Gasteiger partial charge in [-0.15, -0.1) is 0 Å². The van der Waals surface area contributed by atoms with Crippen molar-refractivity contribution >= 4 is 34.2 Å². The molecule has 2 aromatic heterocycles. The van der Waals surface area contributed by atoms with Crippen LogP contribution in [0.15, 0.2) is 72.9 Å². The summed E-state index contributed by atoms with van der Waals surface area (Å²) in [6, 6.07) is 20.6. The normalized spacial score (nSPS) is 15.5. The van der Waals surface area contributed by atoms with E-state index in [0.717, 1.165) is 47.4 Å². The summed E-state index contributed by atoms with van der Waals surface area (Å²) in [6.45, 7) is 1.38. The van der Waals surface area contributed by atoms with Crippen LogP contribution < -0.4 is 20.7 Å². The number of ether oxygens (including phenoxy) is 1. The van der Waals surface area contributed by atoms with Crippen molar-refractivity contribution < 1.29 is 14.3 Å². The maximum atomic E-state index is 13.4. The molecule has 2 amide bonds. The van der Waals surface area contributed by atoms with Gasteiger partial charge in [0.25, 0.3) is 5.91 Å². The molecule has 1 unspecified atom stereocenters. The number of nitrogens with one attached hydrogen (secondary N) is 1. The average Bonchev–Trinajstić information content (AvgIpc) is 2.93. The van der Waals surface area contributed by atoms with E-state index in [2.05, 4.69) is 15.2 Å². The quantitative estimate of drug-likeness (QED) is 0.426. The zero-order valence-corrected chi connectivity index (χ0v) is 20.0. The highest BCUT2D eigenvalue weighted by molar-refractivity contribution is 6.13. The Labute approximate surface area is 209 Å². The number of pyridine rings is 2. The van der Waals surface area contributed by atoms with Crippen LogP contribution in [0.3, 0.4) is 0 Å². The Morgan fingerprint density at radius 3 is 2.61 bits per heavy atom. The number of nitrogens with zero attached hydrogens (tertiary/aromatic N) is 3. The van der Waals surface area contributed by atoms with E-state index >= 15 is 0 Å². The van der Waals surface area contributed by atoms with Gasteiger partial charge in [-0.25, -0.2) is 9.97 Å². The number of primary amides is 1. The SMILES string of the molecule is COc1ccc(-c2cc(C(=O)Nc3ccc(N4CCCC(C(N)=O)C4)nc3)c3ccccc3n2)cc1. The molecule has 3 N–H and O–H groups in total. The molecule has 1 atom stereocenters. The van der Waals surface area contributed by atoms with Crippen LogP contribution in [0.5, 0.6) is 5.75 Å². The Hall–Kier alpha value is -4.46. The smallest absolute Gasteiger partial charge is 0.256 e. The van der Waals surface area contributed by atoms with Crippen molar-refractivity contribution in [3.63, 3.8) is 0 Å². The summed E-state index contributed by atoms with van der Waals surface area (Å²) in [5.74, 6) is 0.824. The number of carbonyl (C=O) groups is 2. The van der Waals surface area contributed by atoms with E-state index in [1.54, 1.807) is 19.4 Å². The highest BCUT2D eigenvalue weighted by Crippen LogP contribution is 2.27. The summed E-state index contributed by atoms with van der Waals surface area (Å²) in [7, 11) is 1.62. The zero-order chi connectivity index (χ0) is 25.1. The fraction of sp³-hybridized carbons (Fsp3) is 0.214. The van der Waals surface area contributed by atoms with E-state index in [9.17, 15) is 9.59 Å². The fourth-order valence-corrected chi connectivity index (χ4v) is 4.54. The third-order valence-electron chi connectivity index (χ3n) is 6.50. The van der Waals surface area contributed by atoms with Crippen LogP contribution in [0.25, 0.3) is 22.2 Å². The molecule has 8 nitrogen and oxygen atoms in total. The molecule has 0 aliphatic carbocycles. The number of amides is 2. The first-order chi connectivity index (χ1) is 17.5. The second-order valence-electron chi connectivity index (χ2n) is 8.85. The topological polar surface area (TPSA) is 110 Å². The summed E-state index contributed by atoms with van der Waals surface area (Å²) in [4.78, 5) is 36.3. The first-order valence-electron chi connectivity index (χ1n) is 11.9. The van der Waals surface area contributed by atoms with Crippen LogP contribution in [0.1, 0.15) is 23.2 Å². The maximum Gasteiger partial charge on any atom is 0.256 e. The number of benzene rings is 2. The molecule has 1 aliphatic heterocycles. The van der Waals surface area contributed by atoms with Gasteiger partial charge in [0.2, 0.25) is 5.91 Å². The van der Waals surface area contributed by atoms with Crippen molar-refractivity contribution in [1.82, 2.24) is 9.97 Å². The molecular weight excluding hydrogens is 454 g/mol. The Morgan fingerprint density at radius 2 is 1.89 bits per heavy atom. The minimum Gasteiger partial charge on any atom is -0.497 e. The van der Waals surface area contributed by atoms with Gasteiger partial charge >= 0.3 is 0 Å². The number of para-hydroxylation sites is 1. The molecule has 0 bridgehead atoms. The second kappa shape index (κ2) is 10.0. The van der Waals surface area contributed by atoms with E-state index in [0.29, 0.717) is 23.5 Å². The van der Waals surface area contributed by atoms with E-state index < -0.39 is 0 Å². The molecular formula is C28H27N5O3. The Balaban J connectivity index is 1.39. The average molecular weight is 482 g/mol. The van der Waals surface area contributed by atoms with Crippen molar-refractivity contribution in [3.8, 4) is 17.0 Å². The third kappa shape index (κ3) is 4.84. The van der Waals surface area contributed by atoms with E-state index in [4.69, 9.17) is 15.5 Å². The van der Waals surface area contributed by atoms with Gasteiger partial charge in [0, 0.05) is 24.0 Å². The Morgan fingerprint density at radius 1 is 1.08 bits per heavy atom. The molecule has 0 saturated carbocycles. The number of carbonyl (C=O) groups excluding carboxylic acids is 2. The minimum absolute atomic E-state index is 0.167. The first-order valence-corrected chi connectivity index (χ1v) is 11.9. The Kier molecular flexibility index (Phi) is 6.49. The molecule has 0 radical (unpaired) electrons. The number of anilines is 2. The lowest BCUT2D eigenvalue weighted by Gasteiger charge is -2.32. The van der Waals surface area contributed by atoms with Crippen molar-refractivity contribution in [1.29, 1.82) is 0 Å². The summed E-state index contributed by atoms with van der Waals surface area (Å²) in [6.07, 6.45) is 3.33. The van der Waals surface area contributed by atoms with Gasteiger partial charge in [0.1, 0.15) is 11.6 Å². The van der Waals surface area contributed by atoms with Crippen LogP contribution in [0.4, 0.5) is 11.5 Å². The number of hydrogen-bond acceptors (Lipinski definition) is 6. The molecule has 5 rings (SSSR count). The van der Waals surface area contributed by atoms with Crippen LogP contribution in [-0.4, -0.2) is 42.0 Å². The number of nitrogens with two attached hydrogens (primary N) is 1. The highest BCUT2D eigenvalue weighted by atomic mass is 16.5. The molecule has 3 heterocycles. The molecule has 1 fully saturated rings. The molecule has 4 aromatic rings. The largest absolute Gasteiger partial charge is 0.497 e. The van der Waals surface area contributed by atoms with Gasteiger partial charge in [-0.05, 0) is 61.4 Å². The van der Waals surface area contributed by atoms with Gasteiger partial charge in [-0.3, -0.25) is 9.59 Å². The number of piperidine rings is 1. The lowest BCUT2D eigenvalue weighted by Crippen LogP contribution is -2.41. The van der Waals surface area contributed by atoms with E-state index in [1.165, 1.54) is 0 Å². The van der Waals surface area contributed by atoms with Crippen molar-refractivity contribution in [2.24, 2.45) is 11.7 Å². The molecule has 1 saturated heterocycles. The number of rotatable bonds is 6. The Bertz CT molecular complexity index is 1400. The zero-order valence-electron chi connectivity index (χ0n) is 20.0. The maximum absolute atomic E-state index is 13.4. The third-order valence-corrected chi connectivity index (χ3v) is 6.50. The predicted octanol–water partition coefficient (Wildman–Crippen LogP) is 4.26. The minimum atomic E-state index is -0.276. The van der Waals surface area contributed by atoms with Crippen LogP contribution >= 0.6 is 0 Å². The van der Waals surface area contributed by atoms with Gasteiger partial charge in [-0.1, -0.05) is 18.2 Å². The number of hydrogen-bond donors (Lipinski definition) is 2. The second-order valence-corrected chi connectivity index (χ2v) is 8.85. The summed E-state index contributed by atoms with van der Waals surface area (Å²) in [5.41, 5.74) is 8.92. The van der Waals surface area contributed by atoms with Gasteiger partial charge < -0.3 is 20.7 Å². The van der Waals surface area contributed by atoms with Crippen LogP contribution in [0.2, 0.25) is 0 Å². The molecule has 2 aromatic carbocycles. The summed E-state index contributed by atoms with van der Waals surface area (Å²) < 4.78 is 5.25. The highest BCUT2D eigenvalue weighted by Gasteiger charge is 2.24. The van der Waals surface area contributed by atoms with Gasteiger partial charge in [0.15, 0.2) is 0 Å². The van der Waals surface area contributed by atoms with E-state index in [1.807, 2.05) is 60.7 Å². The molecule has 182 valence electrons. The lowest BCUT2D eigenvalue weighted by atomic mass is 9.97. The lowest BCUT2D eigenvalue weighted by molar-refractivity contribution is -0.122. The molecule has 36 heavy (non-hydrogen) atoms. The van der Waals surface area contributed by atoms with Crippen LogP contribution in [0, 0.1) is 5.92 Å². The van der Waals surface area contributed by atoms with Gasteiger partial charge in [0.05, 0.1) is 41.7 Å². The fourth-order valence-electron chi connectivity index (χ4n) is 4.54. The monoisotopic (exact) mass is 481 g/mol. The molecule has 8 heteroatoms.